The first-order valence-electron chi connectivity index (χ1n) is 9.52. The number of benzene rings is 1. The fourth-order valence-corrected chi connectivity index (χ4v) is 3.85. The van der Waals surface area contributed by atoms with Crippen molar-refractivity contribution in [3.63, 3.8) is 0 Å². The Bertz CT molecular complexity index is 647. The molecule has 1 aromatic rings. The van der Waals surface area contributed by atoms with E-state index in [0.29, 0.717) is 19.2 Å². The second kappa shape index (κ2) is 8.54. The third-order valence-corrected chi connectivity index (χ3v) is 5.34. The normalized spacial score (nSPS) is 22.5. The molecule has 1 saturated carbocycles. The molecule has 1 N–H and O–H groups in total. The molecule has 1 aliphatic carbocycles. The van der Waals surface area contributed by atoms with Crippen molar-refractivity contribution in [2.75, 3.05) is 32.1 Å². The molecule has 6 nitrogen and oxygen atoms in total. The molecule has 142 valence electrons. The Kier molecular flexibility index (Phi) is 6.14. The van der Waals surface area contributed by atoms with Crippen LogP contribution in [0.3, 0.4) is 0 Å². The molecule has 26 heavy (non-hydrogen) atoms. The van der Waals surface area contributed by atoms with Gasteiger partial charge in [-0.25, -0.2) is 0 Å². The number of anilines is 1. The standard InChI is InChI=1S/C20H29N3O3/c1-22(2)16-7-5-6-15(14-16)21-19(24)10-11-20(25)23-12-13-26-18-9-4-3-8-17(18)23/h3-4,8-9,15-16H,5-7,10-14H2,1-2H3,(H,21,24)/t15-,16-/m1/s1. The van der Waals surface area contributed by atoms with E-state index in [1.165, 1.54) is 6.42 Å². The molecule has 1 aromatic carbocycles. The number of carbonyl (C=O) groups excluding carboxylic acids is 2. The molecule has 0 bridgehead atoms. The van der Waals surface area contributed by atoms with Gasteiger partial charge in [0.2, 0.25) is 11.8 Å². The number of para-hydroxylation sites is 2. The quantitative estimate of drug-likeness (QED) is 0.875. The Labute approximate surface area is 155 Å². The number of ether oxygens (including phenoxy) is 1. The first-order chi connectivity index (χ1) is 12.5. The molecule has 3 rings (SSSR count). The number of hydrogen-bond acceptors (Lipinski definition) is 4. The Balaban J connectivity index is 1.48. The highest BCUT2D eigenvalue weighted by atomic mass is 16.5. The largest absolute Gasteiger partial charge is 0.490 e. The summed E-state index contributed by atoms with van der Waals surface area (Å²) in [6.07, 6.45) is 4.81. The molecule has 0 unspecified atom stereocenters. The summed E-state index contributed by atoms with van der Waals surface area (Å²) in [6, 6.07) is 8.29. The van der Waals surface area contributed by atoms with E-state index >= 15 is 0 Å². The Hall–Kier alpha value is -2.08. The van der Waals surface area contributed by atoms with Gasteiger partial charge in [-0.1, -0.05) is 12.1 Å². The highest BCUT2D eigenvalue weighted by Crippen LogP contribution is 2.31. The number of nitrogens with one attached hydrogen (secondary N) is 1. The summed E-state index contributed by atoms with van der Waals surface area (Å²) in [6.45, 7) is 1.02. The van der Waals surface area contributed by atoms with Gasteiger partial charge >= 0.3 is 0 Å². The van der Waals surface area contributed by atoms with Crippen molar-refractivity contribution in [1.82, 2.24) is 10.2 Å². The number of hydrogen-bond donors (Lipinski definition) is 1. The number of carbonyl (C=O) groups is 2. The maximum absolute atomic E-state index is 12.6. The van der Waals surface area contributed by atoms with Crippen molar-refractivity contribution in [3.8, 4) is 5.75 Å². The number of nitrogens with zero attached hydrogens (tertiary/aromatic N) is 2. The van der Waals surface area contributed by atoms with Crippen LogP contribution in [0.15, 0.2) is 24.3 Å². The fourth-order valence-electron chi connectivity index (χ4n) is 3.85. The number of rotatable bonds is 5. The first kappa shape index (κ1) is 18.7. The van der Waals surface area contributed by atoms with Gasteiger partial charge in [-0.3, -0.25) is 9.59 Å². The van der Waals surface area contributed by atoms with Crippen molar-refractivity contribution in [2.45, 2.75) is 50.6 Å². The molecule has 0 saturated heterocycles. The molecular formula is C20H29N3O3. The Morgan fingerprint density at radius 3 is 2.85 bits per heavy atom. The molecule has 1 fully saturated rings. The zero-order chi connectivity index (χ0) is 18.5. The van der Waals surface area contributed by atoms with Crippen LogP contribution >= 0.6 is 0 Å². The van der Waals surface area contributed by atoms with E-state index in [2.05, 4.69) is 24.3 Å². The van der Waals surface area contributed by atoms with Crippen LogP contribution in [0.4, 0.5) is 5.69 Å². The maximum atomic E-state index is 12.6. The molecule has 0 aromatic heterocycles. The molecule has 6 heteroatoms. The van der Waals surface area contributed by atoms with Crippen molar-refractivity contribution < 1.29 is 14.3 Å². The Morgan fingerprint density at radius 2 is 2.04 bits per heavy atom. The fraction of sp³-hybridized carbons (Fsp3) is 0.600. The van der Waals surface area contributed by atoms with E-state index in [-0.39, 0.29) is 30.7 Å². The SMILES string of the molecule is CN(C)[C@@H]1CCC[C@@H](NC(=O)CCC(=O)N2CCOc3ccccc32)C1. The van der Waals surface area contributed by atoms with E-state index in [1.54, 1.807) is 4.90 Å². The van der Waals surface area contributed by atoms with E-state index in [0.717, 1.165) is 30.7 Å². The summed E-state index contributed by atoms with van der Waals surface area (Å²) in [5, 5.41) is 3.12. The van der Waals surface area contributed by atoms with Crippen LogP contribution in [-0.4, -0.2) is 56.0 Å². The van der Waals surface area contributed by atoms with Gasteiger partial charge in [-0.15, -0.1) is 0 Å². The lowest BCUT2D eigenvalue weighted by atomic mass is 9.90. The zero-order valence-corrected chi connectivity index (χ0v) is 15.7. The molecule has 1 heterocycles. The van der Waals surface area contributed by atoms with Crippen molar-refractivity contribution >= 4 is 17.5 Å². The van der Waals surface area contributed by atoms with Crippen LogP contribution in [-0.2, 0) is 9.59 Å². The van der Waals surface area contributed by atoms with E-state index in [1.807, 2.05) is 24.3 Å². The summed E-state index contributed by atoms with van der Waals surface area (Å²) >= 11 is 0. The summed E-state index contributed by atoms with van der Waals surface area (Å²) in [5.41, 5.74) is 0.797. The maximum Gasteiger partial charge on any atom is 0.227 e. The van der Waals surface area contributed by atoms with Gasteiger partial charge in [0.15, 0.2) is 0 Å². The van der Waals surface area contributed by atoms with Crippen molar-refractivity contribution in [1.29, 1.82) is 0 Å². The molecule has 1 aliphatic heterocycles. The summed E-state index contributed by atoms with van der Waals surface area (Å²) in [5.74, 6) is 0.684. The zero-order valence-electron chi connectivity index (χ0n) is 15.7. The Morgan fingerprint density at radius 1 is 1.23 bits per heavy atom. The van der Waals surface area contributed by atoms with Crippen LogP contribution in [0.25, 0.3) is 0 Å². The van der Waals surface area contributed by atoms with Gasteiger partial charge < -0.3 is 19.9 Å². The van der Waals surface area contributed by atoms with Crippen molar-refractivity contribution in [2.24, 2.45) is 0 Å². The molecule has 0 spiro atoms. The van der Waals surface area contributed by atoms with Crippen LogP contribution in [0.2, 0.25) is 0 Å². The van der Waals surface area contributed by atoms with Crippen LogP contribution in [0.1, 0.15) is 38.5 Å². The van der Waals surface area contributed by atoms with Gasteiger partial charge in [0, 0.05) is 24.9 Å². The molecule has 2 aliphatic rings. The summed E-state index contributed by atoms with van der Waals surface area (Å²) < 4.78 is 5.58. The predicted molar refractivity (Wildman–Crippen MR) is 101 cm³/mol. The third-order valence-electron chi connectivity index (χ3n) is 5.34. The molecule has 2 atom stereocenters. The van der Waals surface area contributed by atoms with Crippen molar-refractivity contribution in [3.05, 3.63) is 24.3 Å². The average Bonchev–Trinajstić information content (AvgIpc) is 2.66. The minimum Gasteiger partial charge on any atom is -0.490 e. The topological polar surface area (TPSA) is 61.9 Å². The number of amides is 2. The third kappa shape index (κ3) is 4.55. The average molecular weight is 359 g/mol. The molecule has 2 amide bonds. The predicted octanol–water partition coefficient (Wildman–Crippen LogP) is 2.18. The monoisotopic (exact) mass is 359 g/mol. The molecule has 0 radical (unpaired) electrons. The summed E-state index contributed by atoms with van der Waals surface area (Å²) in [4.78, 5) is 28.8. The second-order valence-corrected chi connectivity index (χ2v) is 7.41. The lowest BCUT2D eigenvalue weighted by Crippen LogP contribution is -2.44. The van der Waals surface area contributed by atoms with Gasteiger partial charge in [0.05, 0.1) is 12.2 Å². The lowest BCUT2D eigenvalue weighted by Gasteiger charge is -2.33. The van der Waals surface area contributed by atoms with E-state index in [9.17, 15) is 9.59 Å². The summed E-state index contributed by atoms with van der Waals surface area (Å²) in [7, 11) is 4.18. The highest BCUT2D eigenvalue weighted by Gasteiger charge is 2.26. The van der Waals surface area contributed by atoms with Crippen LogP contribution in [0, 0.1) is 0 Å². The van der Waals surface area contributed by atoms with Crippen LogP contribution < -0.4 is 15.0 Å². The molecular weight excluding hydrogens is 330 g/mol. The van der Waals surface area contributed by atoms with Gasteiger partial charge in [0.1, 0.15) is 12.4 Å². The van der Waals surface area contributed by atoms with Gasteiger partial charge in [-0.05, 0) is 51.9 Å². The second-order valence-electron chi connectivity index (χ2n) is 7.41. The highest BCUT2D eigenvalue weighted by molar-refractivity contribution is 5.97. The van der Waals surface area contributed by atoms with E-state index in [4.69, 9.17) is 4.74 Å². The minimum atomic E-state index is -0.0238. The lowest BCUT2D eigenvalue weighted by molar-refractivity contribution is -0.126. The number of fused-ring (bicyclic) bond motifs is 1. The van der Waals surface area contributed by atoms with Crippen LogP contribution in [0.5, 0.6) is 5.75 Å². The minimum absolute atomic E-state index is 0.0225. The first-order valence-corrected chi connectivity index (χ1v) is 9.52. The van der Waals surface area contributed by atoms with E-state index < -0.39 is 0 Å². The smallest absolute Gasteiger partial charge is 0.227 e. The van der Waals surface area contributed by atoms with Gasteiger partial charge in [-0.2, -0.15) is 0 Å². The van der Waals surface area contributed by atoms with Gasteiger partial charge in [0.25, 0.3) is 0 Å².